The summed E-state index contributed by atoms with van der Waals surface area (Å²) in [4.78, 5) is 21.3. The molecule has 0 saturated heterocycles. The number of nitrogens with zero attached hydrogens (tertiary/aromatic N) is 2. The van der Waals surface area contributed by atoms with Crippen molar-refractivity contribution in [2.45, 2.75) is 38.3 Å². The predicted octanol–water partition coefficient (Wildman–Crippen LogP) is 4.47. The zero-order valence-corrected chi connectivity index (χ0v) is 16.1. The van der Waals surface area contributed by atoms with Gasteiger partial charge in [0.2, 0.25) is 5.91 Å². The summed E-state index contributed by atoms with van der Waals surface area (Å²) in [5, 5.41) is 4.90. The van der Waals surface area contributed by atoms with Gasteiger partial charge in [0.05, 0.1) is 17.3 Å². The molecular formula is C21H23N3OS. The van der Waals surface area contributed by atoms with Gasteiger partial charge in [-0.3, -0.25) is 4.79 Å². The molecule has 0 aliphatic carbocycles. The smallest absolute Gasteiger partial charge is 0.230 e. The largest absolute Gasteiger partial charge is 0.349 e. The van der Waals surface area contributed by atoms with E-state index in [1.54, 1.807) is 0 Å². The topological polar surface area (TPSA) is 54.9 Å². The van der Waals surface area contributed by atoms with Crippen molar-refractivity contribution in [2.24, 2.45) is 0 Å². The molecule has 0 unspecified atom stereocenters. The maximum atomic E-state index is 12.4. The highest BCUT2D eigenvalue weighted by Gasteiger charge is 2.12. The van der Waals surface area contributed by atoms with Gasteiger partial charge < -0.3 is 5.32 Å². The van der Waals surface area contributed by atoms with Gasteiger partial charge in [0.1, 0.15) is 10.9 Å². The van der Waals surface area contributed by atoms with Crippen LogP contribution in [0.3, 0.4) is 0 Å². The first kappa shape index (κ1) is 18.4. The van der Waals surface area contributed by atoms with E-state index in [0.717, 1.165) is 33.7 Å². The second kappa shape index (κ2) is 8.32. The Kier molecular flexibility index (Phi) is 5.89. The first-order valence-electron chi connectivity index (χ1n) is 8.81. The molecule has 4 nitrogen and oxygen atoms in total. The van der Waals surface area contributed by atoms with Crippen LogP contribution < -0.4 is 5.32 Å². The first-order chi connectivity index (χ1) is 12.6. The Morgan fingerprint density at radius 1 is 1.12 bits per heavy atom. The van der Waals surface area contributed by atoms with E-state index >= 15 is 0 Å². The van der Waals surface area contributed by atoms with Crippen molar-refractivity contribution in [3.8, 4) is 0 Å². The fourth-order valence-electron chi connectivity index (χ4n) is 2.81. The number of nitrogens with one attached hydrogen (secondary N) is 1. The van der Waals surface area contributed by atoms with Crippen molar-refractivity contribution in [3.63, 3.8) is 0 Å². The van der Waals surface area contributed by atoms with E-state index in [1.165, 1.54) is 17.3 Å². The second-order valence-electron chi connectivity index (χ2n) is 6.27. The number of aromatic nitrogens is 2. The molecule has 2 aromatic carbocycles. The Labute approximate surface area is 158 Å². The van der Waals surface area contributed by atoms with Gasteiger partial charge in [-0.2, -0.15) is 0 Å². The number of carbonyl (C=O) groups is 1. The third-order valence-corrected chi connectivity index (χ3v) is 5.28. The molecular weight excluding hydrogens is 342 g/mol. The van der Waals surface area contributed by atoms with Crippen LogP contribution >= 0.6 is 11.8 Å². The maximum absolute atomic E-state index is 12.4. The van der Waals surface area contributed by atoms with Gasteiger partial charge in [-0.1, -0.05) is 61.2 Å². The Balaban J connectivity index is 1.63. The SMILES string of the molecule is CCc1ccc([C@H](C)NC(=O)CSc2nc(C)nc3ccccc23)cc1. The summed E-state index contributed by atoms with van der Waals surface area (Å²) in [6.45, 7) is 6.02. The van der Waals surface area contributed by atoms with Gasteiger partial charge in [-0.25, -0.2) is 9.97 Å². The standard InChI is InChI=1S/C21H23N3OS/c1-4-16-9-11-17(12-10-16)14(2)22-20(25)13-26-21-18-7-5-6-8-19(18)23-15(3)24-21/h5-12,14H,4,13H2,1-3H3,(H,22,25)/t14-/m0/s1. The van der Waals surface area contributed by atoms with E-state index in [2.05, 4.69) is 46.5 Å². The number of benzene rings is 2. The Morgan fingerprint density at radius 2 is 1.85 bits per heavy atom. The summed E-state index contributed by atoms with van der Waals surface area (Å²) in [5.74, 6) is 1.05. The van der Waals surface area contributed by atoms with Gasteiger partial charge in [0, 0.05) is 5.39 Å². The number of rotatable bonds is 6. The summed E-state index contributed by atoms with van der Waals surface area (Å²) >= 11 is 1.45. The molecule has 134 valence electrons. The molecule has 0 radical (unpaired) electrons. The van der Waals surface area contributed by atoms with Crippen LogP contribution in [0.1, 0.15) is 36.8 Å². The third-order valence-electron chi connectivity index (χ3n) is 4.29. The van der Waals surface area contributed by atoms with Crippen LogP contribution in [-0.2, 0) is 11.2 Å². The fraction of sp³-hybridized carbons (Fsp3) is 0.286. The highest BCUT2D eigenvalue weighted by Crippen LogP contribution is 2.25. The number of amides is 1. The van der Waals surface area contributed by atoms with Crippen LogP contribution in [0.2, 0.25) is 0 Å². The number of hydrogen-bond donors (Lipinski definition) is 1. The predicted molar refractivity (Wildman–Crippen MR) is 107 cm³/mol. The van der Waals surface area contributed by atoms with E-state index in [4.69, 9.17) is 0 Å². The first-order valence-corrected chi connectivity index (χ1v) is 9.79. The van der Waals surface area contributed by atoms with Crippen LogP contribution in [0.25, 0.3) is 10.9 Å². The molecule has 0 fully saturated rings. The zero-order chi connectivity index (χ0) is 18.5. The van der Waals surface area contributed by atoms with Crippen molar-refractivity contribution in [1.29, 1.82) is 0 Å². The summed E-state index contributed by atoms with van der Waals surface area (Å²) in [5.41, 5.74) is 3.32. The normalized spacial score (nSPS) is 12.1. The number of para-hydroxylation sites is 1. The van der Waals surface area contributed by atoms with E-state index in [0.29, 0.717) is 5.75 Å². The minimum atomic E-state index is -0.0158. The van der Waals surface area contributed by atoms with Gasteiger partial charge >= 0.3 is 0 Å². The number of carbonyl (C=O) groups excluding carboxylic acids is 1. The summed E-state index contributed by atoms with van der Waals surface area (Å²) in [6.07, 6.45) is 1.02. The van der Waals surface area contributed by atoms with E-state index in [9.17, 15) is 4.79 Å². The molecule has 1 aromatic heterocycles. The van der Waals surface area contributed by atoms with Crippen molar-refractivity contribution < 1.29 is 4.79 Å². The van der Waals surface area contributed by atoms with Gasteiger partial charge in [0.25, 0.3) is 0 Å². The Hall–Kier alpha value is -2.40. The van der Waals surface area contributed by atoms with Gasteiger partial charge in [-0.05, 0) is 37.5 Å². The third kappa shape index (κ3) is 4.41. The van der Waals surface area contributed by atoms with Crippen LogP contribution in [0.4, 0.5) is 0 Å². The van der Waals surface area contributed by atoms with Crippen molar-refractivity contribution in [1.82, 2.24) is 15.3 Å². The van der Waals surface area contributed by atoms with Crippen molar-refractivity contribution in [3.05, 3.63) is 65.5 Å². The fourth-order valence-corrected chi connectivity index (χ4v) is 3.69. The van der Waals surface area contributed by atoms with E-state index in [-0.39, 0.29) is 11.9 Å². The molecule has 3 aromatic rings. The van der Waals surface area contributed by atoms with E-state index < -0.39 is 0 Å². The van der Waals surface area contributed by atoms with Crippen molar-refractivity contribution in [2.75, 3.05) is 5.75 Å². The molecule has 0 aliphatic rings. The van der Waals surface area contributed by atoms with Crippen molar-refractivity contribution >= 4 is 28.6 Å². The quantitative estimate of drug-likeness (QED) is 0.517. The molecule has 1 heterocycles. The molecule has 3 rings (SSSR count). The van der Waals surface area contributed by atoms with Crippen LogP contribution in [0, 0.1) is 6.92 Å². The summed E-state index contributed by atoms with van der Waals surface area (Å²) < 4.78 is 0. The monoisotopic (exact) mass is 365 g/mol. The average molecular weight is 366 g/mol. The zero-order valence-electron chi connectivity index (χ0n) is 15.3. The molecule has 0 bridgehead atoms. The Bertz CT molecular complexity index is 909. The lowest BCUT2D eigenvalue weighted by atomic mass is 10.1. The molecule has 0 spiro atoms. The van der Waals surface area contributed by atoms with Crippen LogP contribution in [0.15, 0.2) is 53.6 Å². The molecule has 1 N–H and O–H groups in total. The number of thioether (sulfide) groups is 1. The van der Waals surface area contributed by atoms with Crippen LogP contribution in [-0.4, -0.2) is 21.6 Å². The molecule has 0 aliphatic heterocycles. The lowest BCUT2D eigenvalue weighted by Crippen LogP contribution is -2.28. The minimum absolute atomic E-state index is 0.00224. The van der Waals surface area contributed by atoms with Gasteiger partial charge in [0.15, 0.2) is 0 Å². The number of hydrogen-bond acceptors (Lipinski definition) is 4. The second-order valence-corrected chi connectivity index (χ2v) is 7.23. The molecule has 1 atom stereocenters. The average Bonchev–Trinajstić information content (AvgIpc) is 2.66. The van der Waals surface area contributed by atoms with Gasteiger partial charge in [-0.15, -0.1) is 0 Å². The minimum Gasteiger partial charge on any atom is -0.349 e. The Morgan fingerprint density at radius 3 is 2.58 bits per heavy atom. The lowest BCUT2D eigenvalue weighted by molar-refractivity contribution is -0.119. The summed E-state index contributed by atoms with van der Waals surface area (Å²) in [6, 6.07) is 16.3. The molecule has 26 heavy (non-hydrogen) atoms. The highest BCUT2D eigenvalue weighted by atomic mass is 32.2. The molecule has 1 amide bonds. The lowest BCUT2D eigenvalue weighted by Gasteiger charge is -2.15. The maximum Gasteiger partial charge on any atom is 0.230 e. The van der Waals surface area contributed by atoms with Crippen LogP contribution in [0.5, 0.6) is 0 Å². The number of aryl methyl sites for hydroxylation is 2. The summed E-state index contributed by atoms with van der Waals surface area (Å²) in [7, 11) is 0. The van der Waals surface area contributed by atoms with E-state index in [1.807, 2.05) is 38.1 Å². The highest BCUT2D eigenvalue weighted by molar-refractivity contribution is 8.00. The molecule has 5 heteroatoms. The molecule has 0 saturated carbocycles. The number of fused-ring (bicyclic) bond motifs is 1.